The van der Waals surface area contributed by atoms with Crippen molar-refractivity contribution in [1.29, 1.82) is 0 Å². The number of hydrogen-bond donors (Lipinski definition) is 0. The molecule has 5 rings (SSSR count). The van der Waals surface area contributed by atoms with Crippen LogP contribution in [0.3, 0.4) is 0 Å². The number of rotatable bonds is 2. The van der Waals surface area contributed by atoms with E-state index in [1.807, 2.05) is 36.0 Å². The second-order valence-electron chi connectivity index (χ2n) is 7.84. The second kappa shape index (κ2) is 6.86. The van der Waals surface area contributed by atoms with Gasteiger partial charge in [0.15, 0.2) is 0 Å². The van der Waals surface area contributed by atoms with Crippen molar-refractivity contribution in [3.63, 3.8) is 0 Å². The third kappa shape index (κ3) is 3.04. The number of benzene rings is 3. The van der Waals surface area contributed by atoms with E-state index in [9.17, 15) is 0 Å². The molecule has 29 heavy (non-hydrogen) atoms. The van der Waals surface area contributed by atoms with Crippen LogP contribution in [0.25, 0.3) is 4.91 Å². The van der Waals surface area contributed by atoms with Gasteiger partial charge in [0.25, 0.3) is 0 Å². The highest BCUT2D eigenvalue weighted by molar-refractivity contribution is 8.08. The van der Waals surface area contributed by atoms with E-state index < -0.39 is 5.60 Å². The number of halogens is 1. The summed E-state index contributed by atoms with van der Waals surface area (Å²) in [4.78, 5) is 2.52. The SMILES string of the molecule is COc1ccc(C2C3=C(Sc4ccc(Cl)cc42)c2ccccc2OC3(C)C)cc1. The first-order chi connectivity index (χ1) is 14.0. The number of hydrogen-bond acceptors (Lipinski definition) is 3. The topological polar surface area (TPSA) is 18.5 Å². The Kier molecular flexibility index (Phi) is 4.41. The zero-order chi connectivity index (χ0) is 20.2. The van der Waals surface area contributed by atoms with E-state index in [-0.39, 0.29) is 5.92 Å². The summed E-state index contributed by atoms with van der Waals surface area (Å²) in [6, 6.07) is 22.8. The monoisotopic (exact) mass is 420 g/mol. The molecular weight excluding hydrogens is 400 g/mol. The molecule has 1 atom stereocenters. The molecule has 1 unspecified atom stereocenters. The summed E-state index contributed by atoms with van der Waals surface area (Å²) in [5.41, 5.74) is 4.43. The molecule has 0 aromatic heterocycles. The summed E-state index contributed by atoms with van der Waals surface area (Å²) in [6.07, 6.45) is 0. The van der Waals surface area contributed by atoms with Gasteiger partial charge in [-0.3, -0.25) is 0 Å². The standard InChI is InChI=1S/C25H21ClO2S/c1-25(2)23-22(15-8-11-17(27-3)12-9-15)19-14-16(26)10-13-21(19)29-24(23)18-6-4-5-7-20(18)28-25/h4-14,22H,1-3H3. The van der Waals surface area contributed by atoms with E-state index in [2.05, 4.69) is 56.3 Å². The Morgan fingerprint density at radius 1 is 1.00 bits per heavy atom. The molecule has 0 aliphatic carbocycles. The third-order valence-corrected chi connectivity index (χ3v) is 7.09. The van der Waals surface area contributed by atoms with Crippen LogP contribution in [0, 0.1) is 0 Å². The van der Waals surface area contributed by atoms with E-state index >= 15 is 0 Å². The number of ether oxygens (including phenoxy) is 2. The maximum absolute atomic E-state index is 6.50. The van der Waals surface area contributed by atoms with Crippen molar-refractivity contribution in [3.05, 3.63) is 94.0 Å². The van der Waals surface area contributed by atoms with E-state index in [0.29, 0.717) is 0 Å². The number of para-hydroxylation sites is 1. The Bertz CT molecular complexity index is 1130. The Labute approximate surface area is 180 Å². The van der Waals surface area contributed by atoms with Gasteiger partial charge in [0.2, 0.25) is 0 Å². The number of fused-ring (bicyclic) bond motifs is 3. The second-order valence-corrected chi connectivity index (χ2v) is 9.33. The third-order valence-electron chi connectivity index (χ3n) is 5.62. The van der Waals surface area contributed by atoms with Crippen molar-refractivity contribution in [3.8, 4) is 11.5 Å². The van der Waals surface area contributed by atoms with E-state index in [1.54, 1.807) is 7.11 Å². The summed E-state index contributed by atoms with van der Waals surface area (Å²) in [5.74, 6) is 1.85. The minimum Gasteiger partial charge on any atom is -0.497 e. The summed E-state index contributed by atoms with van der Waals surface area (Å²) in [7, 11) is 1.69. The lowest BCUT2D eigenvalue weighted by atomic mass is 9.75. The fourth-order valence-electron chi connectivity index (χ4n) is 4.33. The van der Waals surface area contributed by atoms with Gasteiger partial charge in [-0.15, -0.1) is 0 Å². The van der Waals surface area contributed by atoms with Crippen LogP contribution < -0.4 is 9.47 Å². The molecule has 146 valence electrons. The summed E-state index contributed by atoms with van der Waals surface area (Å²) >= 11 is 8.24. The van der Waals surface area contributed by atoms with E-state index in [1.165, 1.54) is 26.5 Å². The Morgan fingerprint density at radius 3 is 2.52 bits per heavy atom. The molecule has 4 heteroatoms. The molecule has 0 bridgehead atoms. The van der Waals surface area contributed by atoms with Gasteiger partial charge in [0.1, 0.15) is 17.1 Å². The molecule has 2 heterocycles. The van der Waals surface area contributed by atoms with Crippen LogP contribution in [0.1, 0.15) is 36.5 Å². The van der Waals surface area contributed by atoms with Crippen LogP contribution in [0.2, 0.25) is 5.02 Å². The lowest BCUT2D eigenvalue weighted by Crippen LogP contribution is -2.38. The minimum atomic E-state index is -0.443. The van der Waals surface area contributed by atoms with Crippen molar-refractivity contribution in [2.45, 2.75) is 30.3 Å². The highest BCUT2D eigenvalue weighted by Gasteiger charge is 2.43. The predicted octanol–water partition coefficient (Wildman–Crippen LogP) is 7.17. The van der Waals surface area contributed by atoms with Crippen LogP contribution in [0.4, 0.5) is 0 Å². The Morgan fingerprint density at radius 2 is 1.76 bits per heavy atom. The molecule has 0 saturated heterocycles. The smallest absolute Gasteiger partial charge is 0.128 e. The zero-order valence-corrected chi connectivity index (χ0v) is 18.1. The van der Waals surface area contributed by atoms with Gasteiger partial charge in [0, 0.05) is 26.3 Å². The molecule has 3 aromatic carbocycles. The average molecular weight is 421 g/mol. The van der Waals surface area contributed by atoms with Crippen molar-refractivity contribution in [1.82, 2.24) is 0 Å². The molecule has 0 spiro atoms. The largest absolute Gasteiger partial charge is 0.497 e. The average Bonchev–Trinajstić information content (AvgIpc) is 2.72. The first kappa shape index (κ1) is 18.7. The predicted molar refractivity (Wildman–Crippen MR) is 120 cm³/mol. The van der Waals surface area contributed by atoms with Crippen molar-refractivity contribution in [2.75, 3.05) is 7.11 Å². The molecule has 0 radical (unpaired) electrons. The molecule has 0 fully saturated rings. The lowest BCUT2D eigenvalue weighted by molar-refractivity contribution is 0.139. The van der Waals surface area contributed by atoms with Gasteiger partial charge in [-0.05, 0) is 66.9 Å². The van der Waals surface area contributed by atoms with Crippen LogP contribution in [0.5, 0.6) is 11.5 Å². The van der Waals surface area contributed by atoms with Crippen LogP contribution in [-0.4, -0.2) is 12.7 Å². The first-order valence-electron chi connectivity index (χ1n) is 9.62. The van der Waals surface area contributed by atoms with Gasteiger partial charge >= 0.3 is 0 Å². The van der Waals surface area contributed by atoms with Crippen LogP contribution in [0.15, 0.2) is 77.2 Å². The van der Waals surface area contributed by atoms with E-state index in [0.717, 1.165) is 22.1 Å². The fourth-order valence-corrected chi connectivity index (χ4v) is 5.91. The quantitative estimate of drug-likeness (QED) is 0.437. The Balaban J connectivity index is 1.79. The molecule has 0 N–H and O–H groups in total. The molecule has 2 aliphatic rings. The molecule has 3 aromatic rings. The fraction of sp³-hybridized carbons (Fsp3) is 0.200. The molecule has 0 amide bonds. The minimum absolute atomic E-state index is 0.0641. The lowest BCUT2D eigenvalue weighted by Gasteiger charge is -2.43. The molecule has 0 saturated carbocycles. The zero-order valence-electron chi connectivity index (χ0n) is 16.5. The van der Waals surface area contributed by atoms with Crippen molar-refractivity contribution >= 4 is 28.3 Å². The maximum Gasteiger partial charge on any atom is 0.128 e. The summed E-state index contributed by atoms with van der Waals surface area (Å²) in [6.45, 7) is 4.32. The van der Waals surface area contributed by atoms with E-state index in [4.69, 9.17) is 21.1 Å². The summed E-state index contributed by atoms with van der Waals surface area (Å²) in [5, 5.41) is 0.752. The van der Waals surface area contributed by atoms with Crippen molar-refractivity contribution in [2.24, 2.45) is 0 Å². The van der Waals surface area contributed by atoms with Gasteiger partial charge < -0.3 is 9.47 Å². The van der Waals surface area contributed by atoms with Gasteiger partial charge in [0.05, 0.1) is 7.11 Å². The van der Waals surface area contributed by atoms with Gasteiger partial charge in [-0.25, -0.2) is 0 Å². The van der Waals surface area contributed by atoms with Gasteiger partial charge in [-0.1, -0.05) is 53.7 Å². The maximum atomic E-state index is 6.50. The molecular formula is C25H21ClO2S. The number of methoxy groups -OCH3 is 1. The molecule has 2 aliphatic heterocycles. The van der Waals surface area contributed by atoms with Crippen LogP contribution in [-0.2, 0) is 0 Å². The van der Waals surface area contributed by atoms with Crippen molar-refractivity contribution < 1.29 is 9.47 Å². The first-order valence-corrected chi connectivity index (χ1v) is 10.8. The molecule has 2 nitrogen and oxygen atoms in total. The van der Waals surface area contributed by atoms with Gasteiger partial charge in [-0.2, -0.15) is 0 Å². The number of thioether (sulfide) groups is 1. The Hall–Kier alpha value is -2.36. The highest BCUT2D eigenvalue weighted by Crippen LogP contribution is 2.58. The normalized spacial score (nSPS) is 19.0. The van der Waals surface area contributed by atoms with Crippen LogP contribution >= 0.6 is 23.4 Å². The summed E-state index contributed by atoms with van der Waals surface area (Å²) < 4.78 is 11.9. The highest BCUT2D eigenvalue weighted by atomic mass is 35.5.